The molecule has 1 heterocycles. The van der Waals surface area contributed by atoms with Crippen LogP contribution in [-0.4, -0.2) is 9.97 Å². The van der Waals surface area contributed by atoms with Gasteiger partial charge < -0.3 is 4.98 Å². The van der Waals surface area contributed by atoms with E-state index < -0.39 is 0 Å². The summed E-state index contributed by atoms with van der Waals surface area (Å²) in [4.78, 5) is 6.89. The molecule has 0 aromatic carbocycles. The van der Waals surface area contributed by atoms with E-state index in [0.717, 1.165) is 12.1 Å². The molecule has 0 fully saturated rings. The van der Waals surface area contributed by atoms with Crippen LogP contribution in [0.1, 0.15) is 5.69 Å². The molecular formula is C7H9N2. The number of aromatic nitrogens is 2. The van der Waals surface area contributed by atoms with Crippen molar-refractivity contribution >= 4 is 0 Å². The number of H-pyrrole nitrogens is 1. The lowest BCUT2D eigenvalue weighted by Crippen LogP contribution is -1.76. The summed E-state index contributed by atoms with van der Waals surface area (Å²) in [6, 6.07) is 0. The van der Waals surface area contributed by atoms with Gasteiger partial charge in [0.05, 0.1) is 12.0 Å². The molecule has 0 aliphatic rings. The molecule has 0 unspecified atom stereocenters. The van der Waals surface area contributed by atoms with Gasteiger partial charge in [0.2, 0.25) is 0 Å². The Morgan fingerprint density at radius 1 is 1.78 bits per heavy atom. The fourth-order valence-corrected chi connectivity index (χ4v) is 0.607. The third-order valence-corrected chi connectivity index (χ3v) is 1.05. The van der Waals surface area contributed by atoms with Crippen LogP contribution >= 0.6 is 0 Å². The second-order valence-corrected chi connectivity index (χ2v) is 1.74. The van der Waals surface area contributed by atoms with Crippen LogP contribution in [0, 0.1) is 6.92 Å². The molecular weight excluding hydrogens is 112 g/mol. The molecule has 0 aliphatic heterocycles. The number of aromatic amines is 1. The van der Waals surface area contributed by atoms with Crippen molar-refractivity contribution in [3.8, 4) is 0 Å². The summed E-state index contributed by atoms with van der Waals surface area (Å²) in [5.41, 5.74) is 1.05. The van der Waals surface area contributed by atoms with Gasteiger partial charge in [-0.1, -0.05) is 12.2 Å². The zero-order valence-electron chi connectivity index (χ0n) is 5.17. The fourth-order valence-electron chi connectivity index (χ4n) is 0.607. The molecule has 1 radical (unpaired) electrons. The van der Waals surface area contributed by atoms with Gasteiger partial charge in [-0.05, 0) is 6.92 Å². The van der Waals surface area contributed by atoms with Crippen LogP contribution in [-0.2, 0) is 6.42 Å². The molecule has 1 rings (SSSR count). The average molecular weight is 121 g/mol. The average Bonchev–Trinajstić information content (AvgIpc) is 2.34. The topological polar surface area (TPSA) is 28.7 Å². The van der Waals surface area contributed by atoms with E-state index in [-0.39, 0.29) is 0 Å². The molecule has 0 spiro atoms. The van der Waals surface area contributed by atoms with E-state index in [1.807, 2.05) is 12.3 Å². The lowest BCUT2D eigenvalue weighted by molar-refractivity contribution is 1.15. The van der Waals surface area contributed by atoms with Crippen molar-refractivity contribution in [1.29, 1.82) is 0 Å². The van der Waals surface area contributed by atoms with Gasteiger partial charge in [-0.3, -0.25) is 0 Å². The number of hydrogen-bond acceptors (Lipinski definition) is 1. The molecule has 1 aromatic rings. The van der Waals surface area contributed by atoms with Gasteiger partial charge in [0.1, 0.15) is 0 Å². The molecule has 9 heavy (non-hydrogen) atoms. The van der Waals surface area contributed by atoms with Crippen molar-refractivity contribution in [2.45, 2.75) is 6.42 Å². The monoisotopic (exact) mass is 121 g/mol. The van der Waals surface area contributed by atoms with E-state index in [2.05, 4.69) is 16.9 Å². The predicted octanol–water partition coefficient (Wildman–Crippen LogP) is 1.34. The van der Waals surface area contributed by atoms with Gasteiger partial charge in [0.25, 0.3) is 0 Å². The van der Waals surface area contributed by atoms with Crippen molar-refractivity contribution in [2.75, 3.05) is 0 Å². The zero-order chi connectivity index (χ0) is 6.53. The molecule has 2 heteroatoms. The van der Waals surface area contributed by atoms with E-state index in [1.165, 1.54) is 0 Å². The molecule has 1 N–H and O–H groups in total. The Labute approximate surface area is 54.6 Å². The fraction of sp³-hybridized carbons (Fsp3) is 0.143. The second-order valence-electron chi connectivity index (χ2n) is 1.74. The van der Waals surface area contributed by atoms with Gasteiger partial charge in [-0.15, -0.1) is 0 Å². The maximum absolute atomic E-state index is 4.02. The summed E-state index contributed by atoms with van der Waals surface area (Å²) >= 11 is 0. The molecule has 47 valence electrons. The minimum absolute atomic E-state index is 0.868. The van der Waals surface area contributed by atoms with Crippen molar-refractivity contribution in [3.05, 3.63) is 37.3 Å². The molecule has 0 aliphatic carbocycles. The van der Waals surface area contributed by atoms with Crippen LogP contribution in [0.4, 0.5) is 0 Å². The Morgan fingerprint density at radius 2 is 2.67 bits per heavy atom. The molecule has 0 bridgehead atoms. The zero-order valence-corrected chi connectivity index (χ0v) is 5.17. The predicted molar refractivity (Wildman–Crippen MR) is 36.8 cm³/mol. The Hall–Kier alpha value is -1.05. The number of imidazole rings is 1. The van der Waals surface area contributed by atoms with Crippen LogP contribution in [0.15, 0.2) is 24.7 Å². The first kappa shape index (κ1) is 6.08. The summed E-state index contributed by atoms with van der Waals surface area (Å²) in [6.07, 6.45) is 8.16. The van der Waals surface area contributed by atoms with Crippen LogP contribution in [0.5, 0.6) is 0 Å². The lowest BCUT2D eigenvalue weighted by atomic mass is 10.3. The van der Waals surface area contributed by atoms with E-state index >= 15 is 0 Å². The summed E-state index contributed by atoms with van der Waals surface area (Å²) in [6.45, 7) is 3.57. The summed E-state index contributed by atoms with van der Waals surface area (Å²) < 4.78 is 0. The normalized spacial score (nSPS) is 10.8. The van der Waals surface area contributed by atoms with Crippen molar-refractivity contribution in [1.82, 2.24) is 9.97 Å². The highest BCUT2D eigenvalue weighted by molar-refractivity contribution is 5.02. The highest BCUT2D eigenvalue weighted by Gasteiger charge is 1.86. The van der Waals surface area contributed by atoms with Gasteiger partial charge in [-0.25, -0.2) is 4.98 Å². The van der Waals surface area contributed by atoms with Gasteiger partial charge >= 0.3 is 0 Å². The minimum atomic E-state index is 0.868. The van der Waals surface area contributed by atoms with E-state index in [0.29, 0.717) is 0 Å². The van der Waals surface area contributed by atoms with E-state index in [4.69, 9.17) is 0 Å². The van der Waals surface area contributed by atoms with E-state index in [1.54, 1.807) is 12.4 Å². The standard InChI is InChI=1S/C7H9N2/c1-2-3-4-7-5-8-6-9-7/h2-3,5-6H,1,4H2,(H,8,9). The molecule has 0 amide bonds. The first-order valence-corrected chi connectivity index (χ1v) is 2.85. The second kappa shape index (κ2) is 3.07. The van der Waals surface area contributed by atoms with Gasteiger partial charge in [0.15, 0.2) is 0 Å². The summed E-state index contributed by atoms with van der Waals surface area (Å²) in [7, 11) is 0. The highest BCUT2D eigenvalue weighted by atomic mass is 14.8. The minimum Gasteiger partial charge on any atom is -0.351 e. The van der Waals surface area contributed by atoms with Gasteiger partial charge in [-0.2, -0.15) is 0 Å². The van der Waals surface area contributed by atoms with Crippen molar-refractivity contribution < 1.29 is 0 Å². The Kier molecular flexibility index (Phi) is 2.07. The first-order chi connectivity index (χ1) is 4.43. The smallest absolute Gasteiger partial charge is 0.0923 e. The Balaban J connectivity index is 2.48. The molecule has 0 atom stereocenters. The molecule has 2 nitrogen and oxygen atoms in total. The molecule has 0 saturated heterocycles. The van der Waals surface area contributed by atoms with Crippen molar-refractivity contribution in [2.24, 2.45) is 0 Å². The maximum atomic E-state index is 4.02. The largest absolute Gasteiger partial charge is 0.351 e. The highest BCUT2D eigenvalue weighted by Crippen LogP contribution is 1.92. The van der Waals surface area contributed by atoms with Crippen LogP contribution in [0.25, 0.3) is 0 Å². The Morgan fingerprint density at radius 3 is 3.22 bits per heavy atom. The number of allylic oxidation sites excluding steroid dienone is 2. The van der Waals surface area contributed by atoms with Crippen LogP contribution < -0.4 is 0 Å². The van der Waals surface area contributed by atoms with E-state index in [9.17, 15) is 0 Å². The van der Waals surface area contributed by atoms with Crippen molar-refractivity contribution in [3.63, 3.8) is 0 Å². The van der Waals surface area contributed by atoms with Gasteiger partial charge in [0, 0.05) is 12.6 Å². The number of nitrogens with one attached hydrogen (secondary N) is 1. The van der Waals surface area contributed by atoms with Crippen LogP contribution in [0.3, 0.4) is 0 Å². The van der Waals surface area contributed by atoms with Crippen LogP contribution in [0.2, 0.25) is 0 Å². The third kappa shape index (κ3) is 1.72. The Bertz CT molecular complexity index is 175. The molecule has 0 saturated carbocycles. The SMILES string of the molecule is [CH2]C=CCc1c[nH]cn1. The summed E-state index contributed by atoms with van der Waals surface area (Å²) in [5, 5.41) is 0. The summed E-state index contributed by atoms with van der Waals surface area (Å²) in [5.74, 6) is 0. The number of hydrogen-bond donors (Lipinski definition) is 1. The molecule has 1 aromatic heterocycles. The number of nitrogens with zero attached hydrogens (tertiary/aromatic N) is 1. The third-order valence-electron chi connectivity index (χ3n) is 1.05. The maximum Gasteiger partial charge on any atom is 0.0923 e. The lowest BCUT2D eigenvalue weighted by Gasteiger charge is -1.81. The quantitative estimate of drug-likeness (QED) is 0.628. The first-order valence-electron chi connectivity index (χ1n) is 2.85. The number of rotatable bonds is 2.